The molecule has 0 amide bonds. The number of phenols is 1. The molecule has 7 nitrogen and oxygen atoms in total. The van der Waals surface area contributed by atoms with Gasteiger partial charge in [0.2, 0.25) is 0 Å². The highest BCUT2D eigenvalue weighted by atomic mass is 16.4. The second kappa shape index (κ2) is 9.33. The third-order valence-corrected chi connectivity index (χ3v) is 7.39. The number of rotatable bonds is 5. The Balaban J connectivity index is 1.78. The molecule has 0 aliphatic heterocycles. The number of pyridine rings is 1. The van der Waals surface area contributed by atoms with Gasteiger partial charge in [0, 0.05) is 17.7 Å². The van der Waals surface area contributed by atoms with Crippen molar-refractivity contribution in [2.24, 2.45) is 29.6 Å². The summed E-state index contributed by atoms with van der Waals surface area (Å²) in [5, 5.41) is 30.2. The van der Waals surface area contributed by atoms with Gasteiger partial charge in [0.25, 0.3) is 5.56 Å². The Bertz CT molecular complexity index is 1220. The summed E-state index contributed by atoms with van der Waals surface area (Å²) >= 11 is 0. The number of carbonyl (C=O) groups is 2. The first-order valence-electron chi connectivity index (χ1n) is 11.5. The molecule has 2 aromatic rings. The first kappa shape index (κ1) is 23.5. The summed E-state index contributed by atoms with van der Waals surface area (Å²) in [5.74, 6) is -2.91. The third kappa shape index (κ3) is 4.18. The lowest BCUT2D eigenvalue weighted by atomic mass is 9.59. The van der Waals surface area contributed by atoms with E-state index in [4.69, 9.17) is 0 Å². The Morgan fingerprint density at radius 1 is 1.12 bits per heavy atom. The van der Waals surface area contributed by atoms with Crippen molar-refractivity contribution in [2.75, 3.05) is 0 Å². The van der Waals surface area contributed by atoms with Crippen molar-refractivity contribution in [3.8, 4) is 22.6 Å². The first-order chi connectivity index (χ1) is 16.2. The number of carboxylic acid groups (broad SMARTS) is 1. The van der Waals surface area contributed by atoms with Crippen LogP contribution >= 0.6 is 0 Å². The first-order valence-corrected chi connectivity index (χ1v) is 11.5. The van der Waals surface area contributed by atoms with Crippen LogP contribution in [-0.2, 0) is 4.79 Å². The largest absolute Gasteiger partial charge is 0.508 e. The molecular formula is C27H29NO6. The van der Waals surface area contributed by atoms with E-state index in [1.54, 1.807) is 12.1 Å². The van der Waals surface area contributed by atoms with Crippen LogP contribution in [0.5, 0.6) is 11.5 Å². The molecule has 0 spiro atoms. The number of Topliss-reactive ketones (excluding diaryl/α,β-unsaturated/α-hetero) is 1. The van der Waals surface area contributed by atoms with Gasteiger partial charge in [-0.15, -0.1) is 0 Å². The molecule has 34 heavy (non-hydrogen) atoms. The van der Waals surface area contributed by atoms with Crippen molar-refractivity contribution in [1.82, 2.24) is 4.98 Å². The third-order valence-electron chi connectivity index (χ3n) is 7.39. The molecular weight excluding hydrogens is 434 g/mol. The molecule has 178 valence electrons. The van der Waals surface area contributed by atoms with Crippen LogP contribution in [0.2, 0.25) is 0 Å². The number of hydrogen-bond acceptors (Lipinski definition) is 5. The van der Waals surface area contributed by atoms with Gasteiger partial charge in [-0.3, -0.25) is 14.4 Å². The molecule has 5 atom stereocenters. The van der Waals surface area contributed by atoms with Crippen LogP contribution in [0.1, 0.15) is 43.5 Å². The lowest BCUT2D eigenvalue weighted by Gasteiger charge is -2.44. The number of carboxylic acids is 1. The SMILES string of the molecule is C/C=C/[C@@H]1[C@H]2C[C@@H](C(=O)O)CC[C@@H]2C(C)=C[C@H]1C(=O)c1c(O)c(-c2ccc(O)cc2)c[nH]c1=O. The normalized spacial score (nSPS) is 26.6. The molecule has 0 bridgehead atoms. The van der Waals surface area contributed by atoms with E-state index >= 15 is 0 Å². The van der Waals surface area contributed by atoms with Gasteiger partial charge in [-0.1, -0.05) is 35.9 Å². The molecule has 1 saturated carbocycles. The van der Waals surface area contributed by atoms with Crippen molar-refractivity contribution in [2.45, 2.75) is 33.1 Å². The number of aromatic hydroxyl groups is 2. The average Bonchev–Trinajstić information content (AvgIpc) is 2.81. The topological polar surface area (TPSA) is 128 Å². The number of nitrogens with one attached hydrogen (secondary N) is 1. The fourth-order valence-corrected chi connectivity index (χ4v) is 5.72. The highest BCUT2D eigenvalue weighted by Gasteiger charge is 2.45. The molecule has 0 saturated heterocycles. The van der Waals surface area contributed by atoms with Crippen molar-refractivity contribution >= 4 is 11.8 Å². The van der Waals surface area contributed by atoms with Gasteiger partial charge in [-0.05, 0) is 68.6 Å². The number of fused-ring (bicyclic) bond motifs is 1. The number of aromatic nitrogens is 1. The molecule has 4 N–H and O–H groups in total. The minimum atomic E-state index is -0.816. The Labute approximate surface area is 197 Å². The van der Waals surface area contributed by atoms with Crippen molar-refractivity contribution in [1.29, 1.82) is 0 Å². The van der Waals surface area contributed by atoms with Crippen molar-refractivity contribution in [3.05, 3.63) is 70.2 Å². The maximum absolute atomic E-state index is 13.8. The highest BCUT2D eigenvalue weighted by Crippen LogP contribution is 2.49. The van der Waals surface area contributed by atoms with E-state index in [1.807, 2.05) is 32.1 Å². The summed E-state index contributed by atoms with van der Waals surface area (Å²) in [6.07, 6.45) is 8.86. The van der Waals surface area contributed by atoms with Gasteiger partial charge in [0.05, 0.1) is 5.92 Å². The zero-order valence-corrected chi connectivity index (χ0v) is 19.2. The van der Waals surface area contributed by atoms with Crippen LogP contribution in [0.3, 0.4) is 0 Å². The van der Waals surface area contributed by atoms with Crippen LogP contribution in [0.15, 0.2) is 59.1 Å². The number of phenolic OH excluding ortho intramolecular Hbond substituents is 1. The number of benzene rings is 1. The van der Waals surface area contributed by atoms with E-state index in [1.165, 1.54) is 18.3 Å². The van der Waals surface area contributed by atoms with Crippen LogP contribution in [0.25, 0.3) is 11.1 Å². The predicted octanol–water partition coefficient (Wildman–Crippen LogP) is 4.52. The molecule has 2 aliphatic rings. The number of allylic oxidation sites excluding steroid dienone is 4. The van der Waals surface area contributed by atoms with Gasteiger partial charge in [0.1, 0.15) is 17.1 Å². The quantitative estimate of drug-likeness (QED) is 0.381. The molecule has 1 aromatic heterocycles. The fraction of sp³-hybridized carbons (Fsp3) is 0.370. The number of aromatic amines is 1. The van der Waals surface area contributed by atoms with E-state index in [0.717, 1.165) is 12.0 Å². The van der Waals surface area contributed by atoms with E-state index in [-0.39, 0.29) is 34.6 Å². The number of aliphatic carboxylic acids is 1. The molecule has 1 heterocycles. The number of ketones is 1. The summed E-state index contributed by atoms with van der Waals surface area (Å²) < 4.78 is 0. The Morgan fingerprint density at radius 2 is 1.82 bits per heavy atom. The smallest absolute Gasteiger partial charge is 0.306 e. The molecule has 2 aliphatic carbocycles. The zero-order chi connectivity index (χ0) is 24.6. The minimum Gasteiger partial charge on any atom is -0.508 e. The summed E-state index contributed by atoms with van der Waals surface area (Å²) in [7, 11) is 0. The van der Waals surface area contributed by atoms with E-state index in [2.05, 4.69) is 4.98 Å². The predicted molar refractivity (Wildman–Crippen MR) is 128 cm³/mol. The van der Waals surface area contributed by atoms with Gasteiger partial charge in [0.15, 0.2) is 5.78 Å². The molecule has 4 rings (SSSR count). The Morgan fingerprint density at radius 3 is 2.47 bits per heavy atom. The van der Waals surface area contributed by atoms with Gasteiger partial charge >= 0.3 is 5.97 Å². The number of carbonyl (C=O) groups excluding carboxylic acids is 1. The highest BCUT2D eigenvalue weighted by molar-refractivity contribution is 6.03. The summed E-state index contributed by atoms with van der Waals surface area (Å²) in [6, 6.07) is 6.09. The molecule has 1 aromatic carbocycles. The molecule has 0 radical (unpaired) electrons. The van der Waals surface area contributed by atoms with Gasteiger partial charge in [-0.2, -0.15) is 0 Å². The van der Waals surface area contributed by atoms with Crippen LogP contribution in [0, 0.1) is 29.6 Å². The van der Waals surface area contributed by atoms with Crippen LogP contribution in [0.4, 0.5) is 0 Å². The summed E-state index contributed by atoms with van der Waals surface area (Å²) in [6.45, 7) is 3.82. The fourth-order valence-electron chi connectivity index (χ4n) is 5.72. The van der Waals surface area contributed by atoms with E-state index in [0.29, 0.717) is 18.4 Å². The maximum atomic E-state index is 13.8. The van der Waals surface area contributed by atoms with Crippen molar-refractivity contribution in [3.63, 3.8) is 0 Å². The molecule has 0 unspecified atom stereocenters. The monoisotopic (exact) mass is 463 g/mol. The Hall–Kier alpha value is -3.61. The van der Waals surface area contributed by atoms with E-state index in [9.17, 15) is 29.7 Å². The van der Waals surface area contributed by atoms with Crippen molar-refractivity contribution < 1.29 is 24.9 Å². The second-order valence-electron chi connectivity index (χ2n) is 9.32. The lowest BCUT2D eigenvalue weighted by molar-refractivity contribution is -0.144. The van der Waals surface area contributed by atoms with Crippen LogP contribution < -0.4 is 5.56 Å². The summed E-state index contributed by atoms with van der Waals surface area (Å²) in [4.78, 5) is 40.8. The summed E-state index contributed by atoms with van der Waals surface area (Å²) in [5.41, 5.74) is 0.863. The van der Waals surface area contributed by atoms with Gasteiger partial charge < -0.3 is 20.3 Å². The second-order valence-corrected chi connectivity index (χ2v) is 9.32. The minimum absolute atomic E-state index is 0.0356. The number of H-pyrrole nitrogens is 1. The standard InChI is InChI=1S/C27H29NO6/c1-3-4-19-20-12-16(27(33)34)7-10-18(20)14(2)11-21(19)24(30)23-25(31)22(13-28-26(23)32)15-5-8-17(29)9-6-15/h3-6,8-9,11,13,16,18-21,29H,7,10,12H2,1-2H3,(H,33,34)(H2,28,31,32)/b4-3+/t16-,18+,19+,20-,21+/m0/s1. The number of hydrogen-bond donors (Lipinski definition) is 4. The van der Waals surface area contributed by atoms with Gasteiger partial charge in [-0.25, -0.2) is 0 Å². The Kier molecular flexibility index (Phi) is 6.46. The maximum Gasteiger partial charge on any atom is 0.306 e. The van der Waals surface area contributed by atoms with Crippen LogP contribution in [-0.4, -0.2) is 32.1 Å². The molecule has 1 fully saturated rings. The average molecular weight is 464 g/mol. The van der Waals surface area contributed by atoms with E-state index < -0.39 is 34.9 Å². The lowest BCUT2D eigenvalue weighted by Crippen LogP contribution is -2.42. The zero-order valence-electron chi connectivity index (χ0n) is 19.2. The molecule has 7 heteroatoms.